The van der Waals surface area contributed by atoms with E-state index in [-0.39, 0.29) is 16.1 Å². The Kier molecular flexibility index (Phi) is 4.70. The summed E-state index contributed by atoms with van der Waals surface area (Å²) in [7, 11) is -4.27. The molecule has 0 radical (unpaired) electrons. The Hall–Kier alpha value is -1.28. The number of aromatic carboxylic acids is 1. The van der Waals surface area contributed by atoms with E-state index in [4.69, 9.17) is 16.7 Å². The molecule has 0 spiro atoms. The van der Waals surface area contributed by atoms with Gasteiger partial charge in [0.1, 0.15) is 0 Å². The summed E-state index contributed by atoms with van der Waals surface area (Å²) >= 11 is 5.61. The first-order valence-electron chi connectivity index (χ1n) is 5.27. The number of hydrogen-bond donors (Lipinski definition) is 1. The van der Waals surface area contributed by atoms with Crippen LogP contribution in [0, 0.1) is 6.92 Å². The molecule has 1 rings (SSSR count). The second-order valence-corrected chi connectivity index (χ2v) is 6.58. The quantitative estimate of drug-likeness (QED) is 0.921. The third-order valence-electron chi connectivity index (χ3n) is 2.54. The molecule has 4 nitrogen and oxygen atoms in total. The van der Waals surface area contributed by atoms with E-state index in [1.807, 2.05) is 0 Å². The van der Waals surface area contributed by atoms with Crippen molar-refractivity contribution >= 4 is 27.4 Å². The van der Waals surface area contributed by atoms with E-state index < -0.39 is 39.1 Å². The Morgan fingerprint density at radius 2 is 1.90 bits per heavy atom. The molecule has 0 atom stereocenters. The normalized spacial score (nSPS) is 12.4. The first-order chi connectivity index (χ1) is 8.94. The van der Waals surface area contributed by atoms with E-state index in [9.17, 15) is 26.4 Å². The lowest BCUT2D eigenvalue weighted by molar-refractivity contribution is -0.129. The molecule has 0 heterocycles. The summed E-state index contributed by atoms with van der Waals surface area (Å²) in [6.07, 6.45) is -6.13. The third-order valence-corrected chi connectivity index (χ3v) is 4.60. The molecule has 0 aromatic heterocycles. The van der Waals surface area contributed by atoms with Gasteiger partial charge < -0.3 is 5.11 Å². The maximum atomic E-state index is 12.1. The molecule has 20 heavy (non-hydrogen) atoms. The third kappa shape index (κ3) is 4.11. The predicted molar refractivity (Wildman–Crippen MR) is 65.9 cm³/mol. The van der Waals surface area contributed by atoms with Crippen LogP contribution in [-0.2, 0) is 9.84 Å². The van der Waals surface area contributed by atoms with Gasteiger partial charge in [0, 0.05) is 5.02 Å². The van der Waals surface area contributed by atoms with Gasteiger partial charge in [-0.3, -0.25) is 0 Å². The first-order valence-corrected chi connectivity index (χ1v) is 7.30. The standard InChI is InChI=1S/C11H10ClF3O4S/c1-6-8(10(16)17)4-7(12)5-9(6)20(18,19)3-2-11(13,14)15/h4-5H,2-3H2,1H3,(H,16,17). The molecule has 9 heteroatoms. The topological polar surface area (TPSA) is 71.4 Å². The summed E-state index contributed by atoms with van der Waals surface area (Å²) in [5.74, 6) is -2.56. The zero-order chi connectivity index (χ0) is 15.7. The van der Waals surface area contributed by atoms with E-state index >= 15 is 0 Å². The van der Waals surface area contributed by atoms with Crippen LogP contribution in [0.4, 0.5) is 13.2 Å². The fraction of sp³-hybridized carbons (Fsp3) is 0.364. The van der Waals surface area contributed by atoms with Crippen LogP contribution in [0.15, 0.2) is 17.0 Å². The van der Waals surface area contributed by atoms with Crippen LogP contribution in [0.2, 0.25) is 5.02 Å². The van der Waals surface area contributed by atoms with Crippen LogP contribution in [0.1, 0.15) is 22.3 Å². The van der Waals surface area contributed by atoms with E-state index in [1.165, 1.54) is 6.92 Å². The van der Waals surface area contributed by atoms with Crippen molar-refractivity contribution in [2.45, 2.75) is 24.4 Å². The number of halogens is 4. The number of rotatable bonds is 4. The fourth-order valence-corrected chi connectivity index (χ4v) is 3.45. The molecule has 1 aromatic carbocycles. The molecule has 0 saturated carbocycles. The van der Waals surface area contributed by atoms with Crippen molar-refractivity contribution < 1.29 is 31.5 Å². The zero-order valence-corrected chi connectivity index (χ0v) is 11.7. The summed E-state index contributed by atoms with van der Waals surface area (Å²) in [5.41, 5.74) is -0.493. The lowest BCUT2D eigenvalue weighted by atomic mass is 10.1. The van der Waals surface area contributed by atoms with Crippen LogP contribution in [-0.4, -0.2) is 31.4 Å². The highest BCUT2D eigenvalue weighted by atomic mass is 35.5. The highest BCUT2D eigenvalue weighted by Gasteiger charge is 2.31. The van der Waals surface area contributed by atoms with Gasteiger partial charge >= 0.3 is 12.1 Å². The van der Waals surface area contributed by atoms with Crippen molar-refractivity contribution in [3.8, 4) is 0 Å². The van der Waals surface area contributed by atoms with Gasteiger partial charge in [0.2, 0.25) is 0 Å². The van der Waals surface area contributed by atoms with Crippen LogP contribution >= 0.6 is 11.6 Å². The van der Waals surface area contributed by atoms with Gasteiger partial charge in [-0.05, 0) is 24.6 Å². The predicted octanol–water partition coefficient (Wildman–Crippen LogP) is 3.07. The molecule has 0 aliphatic rings. The second-order valence-electron chi connectivity index (χ2n) is 4.07. The largest absolute Gasteiger partial charge is 0.478 e. The number of benzene rings is 1. The van der Waals surface area contributed by atoms with Crippen molar-refractivity contribution in [2.24, 2.45) is 0 Å². The van der Waals surface area contributed by atoms with E-state index in [2.05, 4.69) is 0 Å². The minimum atomic E-state index is -4.62. The van der Waals surface area contributed by atoms with Crippen LogP contribution in [0.5, 0.6) is 0 Å². The van der Waals surface area contributed by atoms with Gasteiger partial charge in [0.05, 0.1) is 22.6 Å². The second kappa shape index (κ2) is 5.61. The maximum Gasteiger partial charge on any atom is 0.390 e. The summed E-state index contributed by atoms with van der Waals surface area (Å²) in [6.45, 7) is 1.21. The van der Waals surface area contributed by atoms with Gasteiger partial charge in [0.25, 0.3) is 0 Å². The number of hydrogen-bond acceptors (Lipinski definition) is 3. The Labute approximate surface area is 118 Å². The molecule has 0 amide bonds. The number of carbonyl (C=O) groups is 1. The zero-order valence-electron chi connectivity index (χ0n) is 10.2. The van der Waals surface area contributed by atoms with Gasteiger partial charge in [-0.2, -0.15) is 13.2 Å². The molecule has 0 unspecified atom stereocenters. The summed E-state index contributed by atoms with van der Waals surface area (Å²) in [6, 6.07) is 2.00. The number of sulfone groups is 1. The number of carboxylic acid groups (broad SMARTS) is 1. The lowest BCUT2D eigenvalue weighted by Gasteiger charge is -2.12. The Bertz CT molecular complexity index is 638. The van der Waals surface area contributed by atoms with Crippen molar-refractivity contribution in [3.05, 3.63) is 28.3 Å². The minimum absolute atomic E-state index is 0.135. The monoisotopic (exact) mass is 330 g/mol. The fourth-order valence-electron chi connectivity index (χ4n) is 1.56. The van der Waals surface area contributed by atoms with Crippen LogP contribution < -0.4 is 0 Å². The maximum absolute atomic E-state index is 12.1. The molecular formula is C11H10ClF3O4S. The highest BCUT2D eigenvalue weighted by Crippen LogP contribution is 2.28. The lowest BCUT2D eigenvalue weighted by Crippen LogP contribution is -2.18. The van der Waals surface area contributed by atoms with Gasteiger partial charge in [-0.25, -0.2) is 13.2 Å². The Morgan fingerprint density at radius 3 is 2.35 bits per heavy atom. The molecule has 0 fully saturated rings. The SMILES string of the molecule is Cc1c(C(=O)O)cc(Cl)cc1S(=O)(=O)CCC(F)(F)F. The molecule has 0 aliphatic carbocycles. The van der Waals surface area contributed by atoms with E-state index in [1.54, 1.807) is 0 Å². The Morgan fingerprint density at radius 1 is 1.35 bits per heavy atom. The van der Waals surface area contributed by atoms with E-state index in [0.29, 0.717) is 0 Å². The van der Waals surface area contributed by atoms with Crippen molar-refractivity contribution in [1.82, 2.24) is 0 Å². The Balaban J connectivity index is 3.29. The number of carboxylic acids is 1. The average molecular weight is 331 g/mol. The van der Waals surface area contributed by atoms with Crippen molar-refractivity contribution in [2.75, 3.05) is 5.75 Å². The molecule has 1 aromatic rings. The first kappa shape index (κ1) is 16.8. The molecule has 1 N–H and O–H groups in total. The molecule has 112 valence electrons. The summed E-state index contributed by atoms with van der Waals surface area (Å²) < 4.78 is 60.1. The smallest absolute Gasteiger partial charge is 0.390 e. The molecule has 0 aliphatic heterocycles. The average Bonchev–Trinajstić information content (AvgIpc) is 2.28. The van der Waals surface area contributed by atoms with Gasteiger partial charge in [-0.15, -0.1) is 0 Å². The molecular weight excluding hydrogens is 321 g/mol. The summed E-state index contributed by atoms with van der Waals surface area (Å²) in [4.78, 5) is 10.4. The molecule has 0 saturated heterocycles. The molecule has 0 bridgehead atoms. The minimum Gasteiger partial charge on any atom is -0.478 e. The van der Waals surface area contributed by atoms with Crippen molar-refractivity contribution in [3.63, 3.8) is 0 Å². The van der Waals surface area contributed by atoms with Crippen LogP contribution in [0.25, 0.3) is 0 Å². The van der Waals surface area contributed by atoms with Gasteiger partial charge in [-0.1, -0.05) is 11.6 Å². The van der Waals surface area contributed by atoms with Crippen LogP contribution in [0.3, 0.4) is 0 Å². The summed E-state index contributed by atoms with van der Waals surface area (Å²) in [5, 5.41) is 8.74. The van der Waals surface area contributed by atoms with E-state index in [0.717, 1.165) is 12.1 Å². The number of alkyl halides is 3. The highest BCUT2D eigenvalue weighted by molar-refractivity contribution is 7.91. The van der Waals surface area contributed by atoms with Crippen molar-refractivity contribution in [1.29, 1.82) is 0 Å². The van der Waals surface area contributed by atoms with Gasteiger partial charge in [0.15, 0.2) is 9.84 Å².